The van der Waals surface area contributed by atoms with Crippen molar-refractivity contribution in [3.63, 3.8) is 0 Å². The lowest BCUT2D eigenvalue weighted by Gasteiger charge is -2.32. The highest BCUT2D eigenvalue weighted by Gasteiger charge is 2.25. The van der Waals surface area contributed by atoms with Crippen molar-refractivity contribution in [3.05, 3.63) is 59.5 Å². The van der Waals surface area contributed by atoms with Crippen LogP contribution in [0.25, 0.3) is 22.3 Å². The van der Waals surface area contributed by atoms with E-state index in [0.717, 1.165) is 25.7 Å². The number of hydroxylamine groups is 1. The predicted octanol–water partition coefficient (Wildman–Crippen LogP) is 4.77. The number of carbonyl (C=O) groups excluding carboxylic acids is 1. The SMILES string of the molecule is N#Cc1ccc(-c2c(-c3ccc(OCCCCCCC(=O)NO)c(O)c3)cnc(N3CCC(N)CC3)c2C#N)cc1F. The maximum atomic E-state index is 14.8. The number of piperidine rings is 1. The van der Waals surface area contributed by atoms with E-state index >= 15 is 0 Å². The topological polar surface area (TPSA) is 169 Å². The summed E-state index contributed by atoms with van der Waals surface area (Å²) >= 11 is 0. The molecule has 10 nitrogen and oxygen atoms in total. The molecule has 42 heavy (non-hydrogen) atoms. The summed E-state index contributed by atoms with van der Waals surface area (Å²) in [7, 11) is 0. The van der Waals surface area contributed by atoms with E-state index < -0.39 is 11.7 Å². The number of amides is 1. The highest BCUT2D eigenvalue weighted by molar-refractivity contribution is 5.90. The van der Waals surface area contributed by atoms with Gasteiger partial charge in [0.2, 0.25) is 5.91 Å². The maximum Gasteiger partial charge on any atom is 0.243 e. The summed E-state index contributed by atoms with van der Waals surface area (Å²) in [5.41, 5.74) is 9.77. The van der Waals surface area contributed by atoms with Crippen molar-refractivity contribution in [2.24, 2.45) is 5.73 Å². The van der Waals surface area contributed by atoms with Crippen molar-refractivity contribution in [2.45, 2.75) is 51.0 Å². The molecule has 2 heterocycles. The number of pyridine rings is 1. The molecule has 0 aliphatic carbocycles. The Bertz CT molecular complexity index is 1510. The minimum atomic E-state index is -0.699. The standard InChI is InChI=1S/C31H33FN6O4/c32-26-15-21(6-7-22(26)17-33)30-24(18-34)31(38-12-10-23(35)11-13-38)36-19-25(30)20-8-9-28(27(39)16-20)42-14-4-2-1-3-5-29(40)37-41/h6-9,15-16,19,23,39,41H,1-5,10-14,35H2,(H,37,40). The Balaban J connectivity index is 1.61. The van der Waals surface area contributed by atoms with E-state index in [0.29, 0.717) is 66.4 Å². The van der Waals surface area contributed by atoms with Gasteiger partial charge in [0.1, 0.15) is 29.3 Å². The van der Waals surface area contributed by atoms with Gasteiger partial charge >= 0.3 is 0 Å². The highest BCUT2D eigenvalue weighted by Crippen LogP contribution is 2.41. The lowest BCUT2D eigenvalue weighted by molar-refractivity contribution is -0.129. The van der Waals surface area contributed by atoms with Crippen LogP contribution in [0.2, 0.25) is 0 Å². The second kappa shape index (κ2) is 14.3. The van der Waals surface area contributed by atoms with Crippen LogP contribution in [0.3, 0.4) is 0 Å². The fourth-order valence-electron chi connectivity index (χ4n) is 5.02. The number of nitrogens with zero attached hydrogens (tertiary/aromatic N) is 4. The molecule has 0 bridgehead atoms. The molecular weight excluding hydrogens is 539 g/mol. The number of benzene rings is 2. The minimum absolute atomic E-state index is 0.0851. The number of aromatic hydroxyl groups is 1. The number of rotatable bonds is 11. The molecule has 1 saturated heterocycles. The third-order valence-electron chi connectivity index (χ3n) is 7.34. The van der Waals surface area contributed by atoms with Gasteiger partial charge in [0.05, 0.1) is 12.2 Å². The Hall–Kier alpha value is -4.71. The fourth-order valence-corrected chi connectivity index (χ4v) is 5.02. The molecule has 0 atom stereocenters. The second-order valence-corrected chi connectivity index (χ2v) is 10.2. The van der Waals surface area contributed by atoms with Crippen LogP contribution in [-0.4, -0.2) is 46.9 Å². The van der Waals surface area contributed by atoms with Crippen molar-refractivity contribution in [3.8, 4) is 45.9 Å². The first-order chi connectivity index (χ1) is 20.4. The molecule has 2 aromatic carbocycles. The number of phenols is 1. The average molecular weight is 573 g/mol. The number of phenolic OH excluding ortho intramolecular Hbond substituents is 1. The summed E-state index contributed by atoms with van der Waals surface area (Å²) in [4.78, 5) is 17.7. The third kappa shape index (κ3) is 7.13. The molecule has 1 fully saturated rings. The lowest BCUT2D eigenvalue weighted by atomic mass is 9.91. The molecule has 1 aliphatic rings. The molecule has 0 spiro atoms. The lowest BCUT2D eigenvalue weighted by Crippen LogP contribution is -2.40. The predicted molar refractivity (Wildman–Crippen MR) is 154 cm³/mol. The van der Waals surface area contributed by atoms with Crippen molar-refractivity contribution < 1.29 is 24.2 Å². The van der Waals surface area contributed by atoms with Gasteiger partial charge < -0.3 is 20.5 Å². The zero-order valence-corrected chi connectivity index (χ0v) is 23.1. The summed E-state index contributed by atoms with van der Waals surface area (Å²) in [6.07, 6.45) is 6.37. The summed E-state index contributed by atoms with van der Waals surface area (Å²) in [6, 6.07) is 13.3. The number of unbranched alkanes of at least 4 members (excludes halogenated alkanes) is 3. The summed E-state index contributed by atoms with van der Waals surface area (Å²) in [5, 5.41) is 38.8. The van der Waals surface area contributed by atoms with Gasteiger partial charge in [0.15, 0.2) is 11.5 Å². The van der Waals surface area contributed by atoms with Crippen molar-refractivity contribution in [2.75, 3.05) is 24.6 Å². The quantitative estimate of drug-likeness (QED) is 0.144. The number of nitriles is 2. The number of hydrogen-bond donors (Lipinski definition) is 4. The summed E-state index contributed by atoms with van der Waals surface area (Å²) in [6.45, 7) is 1.63. The van der Waals surface area contributed by atoms with Crippen molar-refractivity contribution in [1.82, 2.24) is 10.5 Å². The van der Waals surface area contributed by atoms with Crippen molar-refractivity contribution >= 4 is 11.7 Å². The number of nitrogens with one attached hydrogen (secondary N) is 1. The third-order valence-corrected chi connectivity index (χ3v) is 7.34. The molecule has 0 saturated carbocycles. The van der Waals surface area contributed by atoms with Crippen LogP contribution >= 0.6 is 0 Å². The normalized spacial score (nSPS) is 13.3. The molecule has 1 aliphatic heterocycles. The van der Waals surface area contributed by atoms with E-state index in [4.69, 9.17) is 15.7 Å². The van der Waals surface area contributed by atoms with Crippen LogP contribution in [0.15, 0.2) is 42.6 Å². The zero-order valence-electron chi connectivity index (χ0n) is 23.1. The number of nitrogens with two attached hydrogens (primary N) is 1. The number of hydrogen-bond acceptors (Lipinski definition) is 9. The molecule has 0 radical (unpaired) electrons. The first kappa shape index (κ1) is 30.3. The molecule has 5 N–H and O–H groups in total. The van der Waals surface area contributed by atoms with E-state index in [1.54, 1.807) is 29.9 Å². The smallest absolute Gasteiger partial charge is 0.243 e. The number of ether oxygens (including phenoxy) is 1. The van der Waals surface area contributed by atoms with E-state index in [1.807, 2.05) is 11.0 Å². The first-order valence-electron chi connectivity index (χ1n) is 13.9. The molecule has 218 valence electrons. The number of halogens is 1. The Morgan fingerprint density at radius 3 is 2.50 bits per heavy atom. The van der Waals surface area contributed by atoms with Gasteiger partial charge in [-0.1, -0.05) is 25.0 Å². The molecule has 11 heteroatoms. The minimum Gasteiger partial charge on any atom is -0.504 e. The molecule has 4 rings (SSSR count). The first-order valence-corrected chi connectivity index (χ1v) is 13.9. The number of aromatic nitrogens is 1. The Morgan fingerprint density at radius 2 is 1.83 bits per heavy atom. The van der Waals surface area contributed by atoms with Crippen LogP contribution in [-0.2, 0) is 4.79 Å². The second-order valence-electron chi connectivity index (χ2n) is 10.2. The van der Waals surface area contributed by atoms with Crippen molar-refractivity contribution in [1.29, 1.82) is 10.5 Å². The number of carbonyl (C=O) groups is 1. The van der Waals surface area contributed by atoms with Gasteiger partial charge in [-0.2, -0.15) is 10.5 Å². The van der Waals surface area contributed by atoms with Crippen LogP contribution in [0.5, 0.6) is 11.5 Å². The zero-order chi connectivity index (χ0) is 30.1. The van der Waals surface area contributed by atoms with E-state index in [2.05, 4.69) is 11.1 Å². The van der Waals surface area contributed by atoms with Gasteiger partial charge in [-0.3, -0.25) is 10.0 Å². The Labute approximate surface area is 243 Å². The Kier molecular flexibility index (Phi) is 10.3. The molecule has 0 unspecified atom stereocenters. The fraction of sp³-hybridized carbons (Fsp3) is 0.355. The van der Waals surface area contributed by atoms with E-state index in [1.165, 1.54) is 18.2 Å². The van der Waals surface area contributed by atoms with Gasteiger partial charge in [-0.15, -0.1) is 0 Å². The monoisotopic (exact) mass is 572 g/mol. The maximum absolute atomic E-state index is 14.8. The van der Waals surface area contributed by atoms with Crippen LogP contribution in [0.1, 0.15) is 56.1 Å². The van der Waals surface area contributed by atoms with Crippen LogP contribution in [0, 0.1) is 28.5 Å². The van der Waals surface area contributed by atoms with Crippen LogP contribution in [0.4, 0.5) is 10.2 Å². The van der Waals surface area contributed by atoms with Crippen LogP contribution < -0.4 is 20.9 Å². The molecule has 1 amide bonds. The molecular formula is C31H33FN6O4. The largest absolute Gasteiger partial charge is 0.504 e. The summed E-state index contributed by atoms with van der Waals surface area (Å²) < 4.78 is 20.5. The Morgan fingerprint density at radius 1 is 1.10 bits per heavy atom. The van der Waals surface area contributed by atoms with Gasteiger partial charge in [-0.05, 0) is 61.1 Å². The van der Waals surface area contributed by atoms with Gasteiger partial charge in [0, 0.05) is 42.9 Å². The van der Waals surface area contributed by atoms with Gasteiger partial charge in [-0.25, -0.2) is 14.9 Å². The molecule has 3 aromatic rings. The highest BCUT2D eigenvalue weighted by atomic mass is 19.1. The van der Waals surface area contributed by atoms with Gasteiger partial charge in [0.25, 0.3) is 0 Å². The average Bonchev–Trinajstić information content (AvgIpc) is 3.00. The number of anilines is 1. The molecule has 1 aromatic heterocycles. The van der Waals surface area contributed by atoms with E-state index in [9.17, 15) is 24.8 Å². The summed E-state index contributed by atoms with van der Waals surface area (Å²) in [5.74, 6) is -0.438. The van der Waals surface area contributed by atoms with E-state index in [-0.39, 0.29) is 29.3 Å².